The van der Waals surface area contributed by atoms with Crippen molar-refractivity contribution in [3.8, 4) is 0 Å². The lowest BCUT2D eigenvalue weighted by molar-refractivity contribution is 0.103. The summed E-state index contributed by atoms with van der Waals surface area (Å²) in [5, 5.41) is 3.97. The molecule has 3 aromatic rings. The van der Waals surface area contributed by atoms with Crippen molar-refractivity contribution in [2.75, 3.05) is 5.32 Å². The maximum Gasteiger partial charge on any atom is 0.265 e. The number of thiophene rings is 1. The Balaban J connectivity index is 1.98. The van der Waals surface area contributed by atoms with Crippen LogP contribution < -0.4 is 5.32 Å². The minimum atomic E-state index is -0.107. The van der Waals surface area contributed by atoms with Gasteiger partial charge in [0, 0.05) is 11.1 Å². The first-order chi connectivity index (χ1) is 10.0. The van der Waals surface area contributed by atoms with Gasteiger partial charge < -0.3 is 5.32 Å². The molecule has 21 heavy (non-hydrogen) atoms. The summed E-state index contributed by atoms with van der Waals surface area (Å²) >= 11 is 4.88. The number of halogens is 1. The predicted molar refractivity (Wildman–Crippen MR) is 91.2 cm³/mol. The molecule has 3 nitrogen and oxygen atoms in total. The van der Waals surface area contributed by atoms with Crippen molar-refractivity contribution in [1.82, 2.24) is 4.98 Å². The van der Waals surface area contributed by atoms with Gasteiger partial charge in [0.1, 0.15) is 0 Å². The number of hydrogen-bond acceptors (Lipinski definition) is 3. The Morgan fingerprint density at radius 3 is 2.76 bits per heavy atom. The van der Waals surface area contributed by atoms with E-state index in [9.17, 15) is 4.79 Å². The van der Waals surface area contributed by atoms with Crippen LogP contribution in [0, 0.1) is 13.8 Å². The third kappa shape index (κ3) is 2.84. The van der Waals surface area contributed by atoms with Gasteiger partial charge >= 0.3 is 0 Å². The molecule has 2 aromatic heterocycles. The largest absolute Gasteiger partial charge is 0.319 e. The van der Waals surface area contributed by atoms with Crippen molar-refractivity contribution >= 4 is 49.8 Å². The fourth-order valence-electron chi connectivity index (χ4n) is 2.10. The summed E-state index contributed by atoms with van der Waals surface area (Å²) in [6.07, 6.45) is 0. The molecule has 0 saturated carbocycles. The van der Waals surface area contributed by atoms with Crippen molar-refractivity contribution in [3.63, 3.8) is 0 Å². The maximum atomic E-state index is 12.4. The minimum Gasteiger partial charge on any atom is -0.319 e. The van der Waals surface area contributed by atoms with Gasteiger partial charge in [-0.2, -0.15) is 0 Å². The van der Waals surface area contributed by atoms with Gasteiger partial charge in [-0.1, -0.05) is 18.2 Å². The fraction of sp³-hybridized carbons (Fsp3) is 0.125. The molecule has 1 amide bonds. The number of nitrogens with one attached hydrogen (secondary N) is 1. The van der Waals surface area contributed by atoms with Crippen molar-refractivity contribution in [3.05, 3.63) is 56.3 Å². The Bertz CT molecular complexity index is 822. The molecule has 2 heterocycles. The highest BCUT2D eigenvalue weighted by Gasteiger charge is 2.13. The van der Waals surface area contributed by atoms with Crippen LogP contribution in [0.5, 0.6) is 0 Å². The number of pyridine rings is 1. The number of para-hydroxylation sites is 1. The molecule has 0 bridgehead atoms. The number of amides is 1. The van der Waals surface area contributed by atoms with E-state index >= 15 is 0 Å². The molecular weight excluding hydrogens is 348 g/mol. The molecule has 0 aliphatic heterocycles. The highest BCUT2D eigenvalue weighted by Crippen LogP contribution is 2.29. The highest BCUT2D eigenvalue weighted by atomic mass is 79.9. The average molecular weight is 361 g/mol. The van der Waals surface area contributed by atoms with Gasteiger partial charge in [0.15, 0.2) is 0 Å². The molecule has 0 radical (unpaired) electrons. The topological polar surface area (TPSA) is 42.0 Å². The van der Waals surface area contributed by atoms with Crippen LogP contribution in [-0.2, 0) is 0 Å². The molecule has 0 aliphatic rings. The third-order valence-corrected chi connectivity index (χ3v) is 5.32. The lowest BCUT2D eigenvalue weighted by Crippen LogP contribution is -2.10. The smallest absolute Gasteiger partial charge is 0.265 e. The molecule has 5 heteroatoms. The molecule has 1 N–H and O–H groups in total. The second-order valence-electron chi connectivity index (χ2n) is 4.85. The van der Waals surface area contributed by atoms with Crippen LogP contribution in [-0.4, -0.2) is 10.9 Å². The zero-order valence-electron chi connectivity index (χ0n) is 11.6. The Labute approximate surface area is 135 Å². The molecule has 0 spiro atoms. The van der Waals surface area contributed by atoms with Crippen LogP contribution in [0.15, 0.2) is 40.2 Å². The average Bonchev–Trinajstić information content (AvgIpc) is 2.79. The summed E-state index contributed by atoms with van der Waals surface area (Å²) in [5.74, 6) is -0.107. The predicted octanol–water partition coefficient (Wildman–Crippen LogP) is 4.93. The van der Waals surface area contributed by atoms with Gasteiger partial charge in [-0.05, 0) is 53.5 Å². The fourth-order valence-corrected chi connectivity index (χ4v) is 3.53. The van der Waals surface area contributed by atoms with Gasteiger partial charge in [-0.25, -0.2) is 0 Å². The van der Waals surface area contributed by atoms with Crippen LogP contribution in [0.1, 0.15) is 20.9 Å². The number of carbonyl (C=O) groups is 1. The number of benzene rings is 1. The summed E-state index contributed by atoms with van der Waals surface area (Å²) in [7, 11) is 0. The summed E-state index contributed by atoms with van der Waals surface area (Å²) < 4.78 is 0.986. The van der Waals surface area contributed by atoms with E-state index in [0.717, 1.165) is 31.6 Å². The van der Waals surface area contributed by atoms with Crippen LogP contribution in [0.25, 0.3) is 10.9 Å². The highest BCUT2D eigenvalue weighted by molar-refractivity contribution is 9.11. The van der Waals surface area contributed by atoms with Gasteiger partial charge in [0.25, 0.3) is 5.91 Å². The van der Waals surface area contributed by atoms with E-state index in [2.05, 4.69) is 26.2 Å². The van der Waals surface area contributed by atoms with E-state index in [0.29, 0.717) is 4.88 Å². The van der Waals surface area contributed by atoms with E-state index in [-0.39, 0.29) is 5.91 Å². The number of aromatic nitrogens is 1. The van der Waals surface area contributed by atoms with Crippen LogP contribution in [0.3, 0.4) is 0 Å². The molecule has 3 rings (SSSR count). The second kappa shape index (κ2) is 5.58. The number of anilines is 1. The van der Waals surface area contributed by atoms with E-state index in [1.54, 1.807) is 0 Å². The van der Waals surface area contributed by atoms with Crippen LogP contribution >= 0.6 is 27.3 Å². The quantitative estimate of drug-likeness (QED) is 0.703. The SMILES string of the molecule is Cc1ccc2cccc(NC(=O)c3cc(C)c(Br)s3)c2n1. The number of hydrogen-bond donors (Lipinski definition) is 1. The molecule has 0 unspecified atom stereocenters. The number of nitrogens with zero attached hydrogens (tertiary/aromatic N) is 1. The molecular formula is C16H13BrN2OS. The normalized spacial score (nSPS) is 10.8. The van der Waals surface area contributed by atoms with E-state index < -0.39 is 0 Å². The van der Waals surface area contributed by atoms with Crippen molar-refractivity contribution < 1.29 is 4.79 Å². The molecule has 0 aliphatic carbocycles. The third-order valence-electron chi connectivity index (χ3n) is 3.19. The lowest BCUT2D eigenvalue weighted by Gasteiger charge is -2.07. The number of carbonyl (C=O) groups excluding carboxylic acids is 1. The van der Waals surface area contributed by atoms with Gasteiger partial charge in [0.2, 0.25) is 0 Å². The zero-order chi connectivity index (χ0) is 15.0. The van der Waals surface area contributed by atoms with Crippen molar-refractivity contribution in [2.24, 2.45) is 0 Å². The molecule has 1 aromatic carbocycles. The second-order valence-corrected chi connectivity index (χ2v) is 7.22. The standard InChI is InChI=1S/C16H13BrN2OS/c1-9-8-13(21-15(9)17)16(20)19-12-5-3-4-11-7-6-10(2)18-14(11)12/h3-8H,1-2H3,(H,19,20). The maximum absolute atomic E-state index is 12.4. The van der Waals surface area contributed by atoms with Gasteiger partial charge in [-0.3, -0.25) is 9.78 Å². The number of rotatable bonds is 2. The number of fused-ring (bicyclic) bond motifs is 1. The first-order valence-corrected chi connectivity index (χ1v) is 8.09. The number of aryl methyl sites for hydroxylation is 2. The zero-order valence-corrected chi connectivity index (χ0v) is 14.0. The van der Waals surface area contributed by atoms with E-state index in [4.69, 9.17) is 0 Å². The molecule has 106 valence electrons. The van der Waals surface area contributed by atoms with Gasteiger partial charge in [-0.15, -0.1) is 11.3 Å². The molecule has 0 atom stereocenters. The monoisotopic (exact) mass is 360 g/mol. The summed E-state index contributed by atoms with van der Waals surface area (Å²) in [6, 6.07) is 11.6. The summed E-state index contributed by atoms with van der Waals surface area (Å²) in [5.41, 5.74) is 3.55. The Hall–Kier alpha value is -1.72. The first kappa shape index (κ1) is 14.2. The summed E-state index contributed by atoms with van der Waals surface area (Å²) in [4.78, 5) is 17.6. The minimum absolute atomic E-state index is 0.107. The van der Waals surface area contributed by atoms with Crippen molar-refractivity contribution in [2.45, 2.75) is 13.8 Å². The van der Waals surface area contributed by atoms with Crippen molar-refractivity contribution in [1.29, 1.82) is 0 Å². The van der Waals surface area contributed by atoms with E-state index in [1.807, 2.05) is 50.2 Å². The molecule has 0 saturated heterocycles. The molecule has 0 fully saturated rings. The van der Waals surface area contributed by atoms with Crippen LogP contribution in [0.4, 0.5) is 5.69 Å². The Morgan fingerprint density at radius 1 is 1.24 bits per heavy atom. The first-order valence-electron chi connectivity index (χ1n) is 6.48. The Kier molecular flexibility index (Phi) is 3.78. The van der Waals surface area contributed by atoms with Gasteiger partial charge in [0.05, 0.1) is 19.9 Å². The Morgan fingerprint density at radius 2 is 2.05 bits per heavy atom. The lowest BCUT2D eigenvalue weighted by atomic mass is 10.1. The van der Waals surface area contributed by atoms with Crippen LogP contribution in [0.2, 0.25) is 0 Å². The summed E-state index contributed by atoms with van der Waals surface area (Å²) in [6.45, 7) is 3.91. The van der Waals surface area contributed by atoms with E-state index in [1.165, 1.54) is 11.3 Å².